The molecular formula is C8H11OP. The van der Waals surface area contributed by atoms with Gasteiger partial charge in [0, 0.05) is 11.7 Å². The number of hydrogen-bond donors (Lipinski definition) is 0. The van der Waals surface area contributed by atoms with Crippen LogP contribution in [0.1, 0.15) is 12.8 Å². The fourth-order valence-corrected chi connectivity index (χ4v) is 2.93. The van der Waals surface area contributed by atoms with Crippen LogP contribution >= 0.6 is 7.14 Å². The first kappa shape index (κ1) is 7.63. The molecule has 1 unspecified atom stereocenters. The average Bonchev–Trinajstić information content (AvgIpc) is 1.86. The minimum atomic E-state index is -1.96. The van der Waals surface area contributed by atoms with Gasteiger partial charge in [-0.25, -0.2) is 0 Å². The molecule has 0 aromatic rings. The number of terminal acetylenes is 1. The van der Waals surface area contributed by atoms with Crippen LogP contribution in [0.5, 0.6) is 0 Å². The Bertz CT molecular complexity index is 244. The lowest BCUT2D eigenvalue weighted by Gasteiger charge is -2.14. The van der Waals surface area contributed by atoms with Crippen LogP contribution in [-0.4, -0.2) is 12.8 Å². The van der Waals surface area contributed by atoms with Crippen LogP contribution in [0.4, 0.5) is 0 Å². The summed E-state index contributed by atoms with van der Waals surface area (Å²) in [7, 11) is -1.96. The maximum absolute atomic E-state index is 11.4. The monoisotopic (exact) mass is 154 g/mol. The SMILES string of the molecule is C#CC1=CP(C)(=O)CCC1. The number of rotatable bonds is 0. The summed E-state index contributed by atoms with van der Waals surface area (Å²) in [5.41, 5.74) is 0.928. The van der Waals surface area contributed by atoms with E-state index in [1.54, 1.807) is 12.5 Å². The summed E-state index contributed by atoms with van der Waals surface area (Å²) >= 11 is 0. The predicted molar refractivity (Wildman–Crippen MR) is 44.5 cm³/mol. The fourth-order valence-electron chi connectivity index (χ4n) is 1.15. The molecule has 1 atom stereocenters. The highest BCUT2D eigenvalue weighted by Crippen LogP contribution is 2.48. The van der Waals surface area contributed by atoms with E-state index in [-0.39, 0.29) is 0 Å². The third-order valence-corrected chi connectivity index (χ3v) is 3.72. The Balaban J connectivity index is 2.89. The summed E-state index contributed by atoms with van der Waals surface area (Å²) in [4.78, 5) is 0. The highest BCUT2D eigenvalue weighted by molar-refractivity contribution is 7.66. The molecular weight excluding hydrogens is 143 g/mol. The third kappa shape index (κ3) is 1.75. The lowest BCUT2D eigenvalue weighted by molar-refractivity contribution is 0.581. The van der Waals surface area contributed by atoms with Crippen molar-refractivity contribution < 1.29 is 4.57 Å². The maximum Gasteiger partial charge on any atom is 0.106 e. The summed E-state index contributed by atoms with van der Waals surface area (Å²) in [5.74, 6) is 4.34. The van der Waals surface area contributed by atoms with Gasteiger partial charge >= 0.3 is 0 Å². The van der Waals surface area contributed by atoms with Gasteiger partial charge < -0.3 is 4.57 Å². The Morgan fingerprint density at radius 3 is 2.90 bits per heavy atom. The zero-order valence-corrected chi connectivity index (χ0v) is 7.03. The predicted octanol–water partition coefficient (Wildman–Crippen LogP) is 2.29. The van der Waals surface area contributed by atoms with Crippen LogP contribution in [-0.2, 0) is 4.57 Å². The first-order valence-corrected chi connectivity index (χ1v) is 5.79. The van der Waals surface area contributed by atoms with Crippen molar-refractivity contribution in [1.29, 1.82) is 0 Å². The molecule has 0 saturated heterocycles. The molecule has 2 heteroatoms. The molecule has 0 aliphatic carbocycles. The lowest BCUT2D eigenvalue weighted by atomic mass is 10.2. The van der Waals surface area contributed by atoms with Crippen LogP contribution in [0.2, 0.25) is 0 Å². The van der Waals surface area contributed by atoms with Crippen molar-refractivity contribution in [3.8, 4) is 12.3 Å². The summed E-state index contributed by atoms with van der Waals surface area (Å²) in [6.07, 6.45) is 7.95. The van der Waals surface area contributed by atoms with E-state index in [9.17, 15) is 4.57 Å². The zero-order chi connectivity index (χ0) is 7.61. The second-order valence-corrected chi connectivity index (χ2v) is 5.85. The van der Waals surface area contributed by atoms with Crippen molar-refractivity contribution in [3.63, 3.8) is 0 Å². The van der Waals surface area contributed by atoms with Gasteiger partial charge in [-0.1, -0.05) is 5.92 Å². The molecule has 1 aliphatic rings. The van der Waals surface area contributed by atoms with Crippen molar-refractivity contribution in [2.24, 2.45) is 0 Å². The molecule has 10 heavy (non-hydrogen) atoms. The maximum atomic E-state index is 11.4. The van der Waals surface area contributed by atoms with E-state index in [0.29, 0.717) is 0 Å². The van der Waals surface area contributed by atoms with Crippen molar-refractivity contribution in [2.45, 2.75) is 12.8 Å². The summed E-state index contributed by atoms with van der Waals surface area (Å²) in [5, 5.41) is 0. The van der Waals surface area contributed by atoms with Crippen LogP contribution in [0.25, 0.3) is 0 Å². The zero-order valence-electron chi connectivity index (χ0n) is 6.13. The van der Waals surface area contributed by atoms with Crippen molar-refractivity contribution in [2.75, 3.05) is 12.8 Å². The van der Waals surface area contributed by atoms with E-state index >= 15 is 0 Å². The third-order valence-electron chi connectivity index (χ3n) is 1.66. The quantitative estimate of drug-likeness (QED) is 0.386. The Morgan fingerprint density at radius 1 is 1.80 bits per heavy atom. The summed E-state index contributed by atoms with van der Waals surface area (Å²) in [6, 6.07) is 0. The van der Waals surface area contributed by atoms with E-state index in [2.05, 4.69) is 5.92 Å². The highest BCUT2D eigenvalue weighted by atomic mass is 31.2. The van der Waals surface area contributed by atoms with Gasteiger partial charge in [0.05, 0.1) is 0 Å². The fraction of sp³-hybridized carbons (Fsp3) is 0.500. The van der Waals surface area contributed by atoms with E-state index in [0.717, 1.165) is 24.6 Å². The molecule has 0 aromatic carbocycles. The van der Waals surface area contributed by atoms with Crippen LogP contribution in [0.3, 0.4) is 0 Å². The second-order valence-electron chi connectivity index (χ2n) is 2.80. The van der Waals surface area contributed by atoms with Crippen molar-refractivity contribution in [3.05, 3.63) is 11.4 Å². The van der Waals surface area contributed by atoms with Crippen molar-refractivity contribution >= 4 is 7.14 Å². The molecule has 1 rings (SSSR count). The molecule has 0 N–H and O–H groups in total. The molecule has 0 amide bonds. The molecule has 0 aromatic heterocycles. The standard InChI is InChI=1S/C8H11OP/c1-3-8-5-4-6-10(2,9)7-8/h1,7H,4-6H2,2H3. The molecule has 54 valence electrons. The van der Waals surface area contributed by atoms with Gasteiger partial charge in [0.25, 0.3) is 0 Å². The van der Waals surface area contributed by atoms with Gasteiger partial charge in [-0.05, 0) is 25.3 Å². The molecule has 1 nitrogen and oxygen atoms in total. The van der Waals surface area contributed by atoms with Gasteiger partial charge in [-0.2, -0.15) is 0 Å². The minimum absolute atomic E-state index is 0.832. The first-order valence-electron chi connectivity index (χ1n) is 3.39. The van der Waals surface area contributed by atoms with Crippen LogP contribution in [0.15, 0.2) is 11.4 Å². The molecule has 0 spiro atoms. The lowest BCUT2D eigenvalue weighted by Crippen LogP contribution is -1.95. The van der Waals surface area contributed by atoms with Crippen molar-refractivity contribution in [1.82, 2.24) is 0 Å². The Kier molecular flexibility index (Phi) is 2.02. The molecule has 0 bridgehead atoms. The summed E-state index contributed by atoms with van der Waals surface area (Å²) in [6.45, 7) is 1.80. The van der Waals surface area contributed by atoms with Gasteiger partial charge in [0.15, 0.2) is 0 Å². The smallest absolute Gasteiger partial charge is 0.106 e. The van der Waals surface area contributed by atoms with Gasteiger partial charge in [0.2, 0.25) is 0 Å². The normalized spacial score (nSPS) is 32.6. The van der Waals surface area contributed by atoms with E-state index in [1.807, 2.05) is 0 Å². The molecule has 1 heterocycles. The Morgan fingerprint density at radius 2 is 2.50 bits per heavy atom. The van der Waals surface area contributed by atoms with E-state index < -0.39 is 7.14 Å². The van der Waals surface area contributed by atoms with Crippen LogP contribution < -0.4 is 0 Å². The number of hydrogen-bond acceptors (Lipinski definition) is 1. The molecule has 1 aliphatic heterocycles. The van der Waals surface area contributed by atoms with Gasteiger partial charge in [0.1, 0.15) is 7.14 Å². The minimum Gasteiger partial charge on any atom is -0.319 e. The summed E-state index contributed by atoms with van der Waals surface area (Å²) < 4.78 is 11.4. The molecule has 0 radical (unpaired) electrons. The topological polar surface area (TPSA) is 17.1 Å². The van der Waals surface area contributed by atoms with E-state index in [4.69, 9.17) is 6.42 Å². The highest BCUT2D eigenvalue weighted by Gasteiger charge is 2.16. The number of allylic oxidation sites excluding steroid dienone is 1. The van der Waals surface area contributed by atoms with Gasteiger partial charge in [-0.3, -0.25) is 0 Å². The van der Waals surface area contributed by atoms with E-state index in [1.165, 1.54) is 0 Å². The molecule has 0 saturated carbocycles. The van der Waals surface area contributed by atoms with Gasteiger partial charge in [-0.15, -0.1) is 6.42 Å². The Hall–Kier alpha value is -0.470. The Labute approximate surface area is 61.9 Å². The molecule has 0 fully saturated rings. The largest absolute Gasteiger partial charge is 0.319 e. The average molecular weight is 154 g/mol. The second kappa shape index (κ2) is 2.64. The first-order chi connectivity index (χ1) is 4.64. The van der Waals surface area contributed by atoms with Crippen LogP contribution in [0, 0.1) is 12.3 Å².